The van der Waals surface area contributed by atoms with E-state index in [1.54, 1.807) is 0 Å². The van der Waals surface area contributed by atoms with Crippen molar-refractivity contribution in [1.82, 2.24) is 0 Å². The highest BCUT2D eigenvalue weighted by atomic mass is 28.6. The molecule has 0 aromatic rings. The van der Waals surface area contributed by atoms with Gasteiger partial charge in [0, 0.05) is 22.7 Å². The zero-order chi connectivity index (χ0) is 33.1. The van der Waals surface area contributed by atoms with Crippen LogP contribution in [-0.4, -0.2) is 68.5 Å². The van der Waals surface area contributed by atoms with E-state index < -0.39 is 68.5 Å². The Morgan fingerprint density at radius 1 is 0.227 bits per heavy atom. The van der Waals surface area contributed by atoms with Gasteiger partial charge in [-0.2, -0.15) is 0 Å². The lowest BCUT2D eigenvalue weighted by Crippen LogP contribution is -2.87. The van der Waals surface area contributed by atoms with Crippen molar-refractivity contribution in [3.63, 3.8) is 0 Å². The maximum atomic E-state index is 8.08. The van der Waals surface area contributed by atoms with E-state index in [0.29, 0.717) is 0 Å². The molecule has 6 rings (SSSR count). The Labute approximate surface area is 277 Å². The van der Waals surface area contributed by atoms with Crippen molar-refractivity contribution in [3.8, 4) is 0 Å². The normalized spacial score (nSPS) is 47.5. The predicted molar refractivity (Wildman–Crippen MR) is 195 cm³/mol. The van der Waals surface area contributed by atoms with Gasteiger partial charge in [-0.3, -0.25) is 0 Å². The van der Waals surface area contributed by atoms with Gasteiger partial charge < -0.3 is 32.9 Å². The van der Waals surface area contributed by atoms with Crippen LogP contribution in [0.4, 0.5) is 0 Å². The second-order valence-electron chi connectivity index (χ2n) is 17.3. The van der Waals surface area contributed by atoms with Gasteiger partial charge in [0.15, 0.2) is 0 Å². The van der Waals surface area contributed by atoms with Crippen LogP contribution in [0.1, 0.15) is 111 Å². The summed E-state index contributed by atoms with van der Waals surface area (Å²) < 4.78 is 64.5. The lowest BCUT2D eigenvalue weighted by molar-refractivity contribution is 0.146. The van der Waals surface area contributed by atoms with E-state index in [1.807, 2.05) is 0 Å². The standard InChI is InChI=1S/C28H64O8Si8/c1-21(2)37-17-38(22(3)4)30-41(25(9)10)18-39(29-37,23(5)6)35-42(26(11)12)19-40(33-37,24(7)8)31-43(34-38,27(13)14)20-44(32-42,36-41)28(15)16/h21-28H,17-20H2,1-16H3. The van der Waals surface area contributed by atoms with Crippen LogP contribution in [0, 0.1) is 0 Å². The fraction of sp³-hybridized carbons (Fsp3) is 1.00. The molecule has 256 valence electrons. The number of hydrogen-bond acceptors (Lipinski definition) is 8. The molecule has 44 heavy (non-hydrogen) atoms. The molecule has 6 aliphatic rings. The first-order valence-corrected chi connectivity index (χ1v) is 34.4. The van der Waals surface area contributed by atoms with Crippen molar-refractivity contribution in [2.75, 3.05) is 0 Å². The molecule has 6 fully saturated rings. The highest BCUT2D eigenvalue weighted by Crippen LogP contribution is 2.63. The molecule has 0 spiro atoms. The fourth-order valence-corrected chi connectivity index (χ4v) is 85.2. The third kappa shape index (κ3) is 5.30. The van der Waals surface area contributed by atoms with E-state index in [4.69, 9.17) is 32.9 Å². The van der Waals surface area contributed by atoms with E-state index in [2.05, 4.69) is 111 Å². The molecule has 6 saturated heterocycles. The summed E-state index contributed by atoms with van der Waals surface area (Å²) in [6.45, 7) is 37.2. The monoisotopic (exact) mass is 752 g/mol. The Bertz CT molecular complexity index is 780. The second-order valence-corrected chi connectivity index (χ2v) is 51.7. The maximum Gasteiger partial charge on any atom is 0.325 e. The van der Waals surface area contributed by atoms with Gasteiger partial charge in [-0.05, 0) is 44.3 Å². The van der Waals surface area contributed by atoms with Crippen molar-refractivity contribution in [3.05, 3.63) is 0 Å². The summed E-state index contributed by atoms with van der Waals surface area (Å²) in [6.07, 6.45) is 0. The molecular formula is C28H64O8Si8. The molecule has 0 aromatic heterocycles. The van der Waals surface area contributed by atoms with Gasteiger partial charge in [-0.1, -0.05) is 111 Å². The Morgan fingerprint density at radius 2 is 0.318 bits per heavy atom. The minimum Gasteiger partial charge on any atom is -0.415 e. The molecule has 0 unspecified atom stereocenters. The maximum absolute atomic E-state index is 8.08. The van der Waals surface area contributed by atoms with Crippen LogP contribution in [0.3, 0.4) is 0 Å². The number of rotatable bonds is 8. The Hall–Kier alpha value is 1.42. The molecule has 0 N–H and O–H groups in total. The minimum absolute atomic E-state index is 0.204. The Morgan fingerprint density at radius 3 is 0.386 bits per heavy atom. The van der Waals surface area contributed by atoms with Gasteiger partial charge >= 0.3 is 68.5 Å². The quantitative estimate of drug-likeness (QED) is 0.228. The highest BCUT2D eigenvalue weighted by molar-refractivity contribution is 7.14. The topological polar surface area (TPSA) is 73.8 Å². The van der Waals surface area contributed by atoms with Crippen molar-refractivity contribution in [1.29, 1.82) is 0 Å². The zero-order valence-corrected chi connectivity index (χ0v) is 38.7. The molecule has 8 nitrogen and oxygen atoms in total. The average molecular weight is 754 g/mol. The predicted octanol–water partition coefficient (Wildman–Crippen LogP) is 9.16. The highest BCUT2D eigenvalue weighted by Gasteiger charge is 2.81. The van der Waals surface area contributed by atoms with Crippen LogP contribution in [0.2, 0.25) is 67.0 Å². The molecule has 0 radical (unpaired) electrons. The van der Waals surface area contributed by atoms with E-state index in [9.17, 15) is 0 Å². The third-order valence-electron chi connectivity index (χ3n) is 11.8. The van der Waals surface area contributed by atoms with Gasteiger partial charge in [0.1, 0.15) is 0 Å². The molecule has 0 atom stereocenters. The minimum atomic E-state index is -3.03. The van der Waals surface area contributed by atoms with Gasteiger partial charge in [0.05, 0.1) is 0 Å². The van der Waals surface area contributed by atoms with E-state index in [0.717, 1.165) is 22.7 Å². The summed E-state index contributed by atoms with van der Waals surface area (Å²) in [4.78, 5) is 0. The molecule has 6 heterocycles. The molecule has 8 bridgehead atoms. The molecule has 16 heteroatoms. The van der Waals surface area contributed by atoms with Crippen molar-refractivity contribution in [2.45, 2.75) is 178 Å². The van der Waals surface area contributed by atoms with Gasteiger partial charge in [-0.15, -0.1) is 0 Å². The van der Waals surface area contributed by atoms with Crippen LogP contribution in [0.25, 0.3) is 0 Å². The molecule has 6 aliphatic heterocycles. The van der Waals surface area contributed by atoms with Gasteiger partial charge in [0.25, 0.3) is 0 Å². The summed E-state index contributed by atoms with van der Waals surface area (Å²) in [5, 5.41) is 0. The largest absolute Gasteiger partial charge is 0.415 e. The average Bonchev–Trinajstić information content (AvgIpc) is 2.80. The van der Waals surface area contributed by atoms with Crippen LogP contribution >= 0.6 is 0 Å². The van der Waals surface area contributed by atoms with E-state index >= 15 is 0 Å². The summed E-state index contributed by atoms with van der Waals surface area (Å²) in [5.74, 6) is 0. The summed E-state index contributed by atoms with van der Waals surface area (Å²) >= 11 is 0. The molecule has 0 aromatic carbocycles. The third-order valence-corrected chi connectivity index (χ3v) is 63.7. The smallest absolute Gasteiger partial charge is 0.325 e. The Kier molecular flexibility index (Phi) is 9.57. The summed E-state index contributed by atoms with van der Waals surface area (Å²) in [6, 6.07) is 0. The van der Waals surface area contributed by atoms with Crippen LogP contribution in [0.15, 0.2) is 0 Å². The van der Waals surface area contributed by atoms with E-state index in [1.165, 1.54) is 0 Å². The number of hydrogen-bond donors (Lipinski definition) is 0. The molecule has 0 amide bonds. The van der Waals surface area contributed by atoms with Crippen LogP contribution in [-0.2, 0) is 32.9 Å². The Balaban J connectivity index is 2.00. The first-order chi connectivity index (χ1) is 20.0. The lowest BCUT2D eigenvalue weighted by atomic mass is 10.6. The van der Waals surface area contributed by atoms with Crippen molar-refractivity contribution in [2.24, 2.45) is 0 Å². The fourth-order valence-electron chi connectivity index (χ4n) is 7.98. The zero-order valence-electron chi connectivity index (χ0n) is 30.7. The molecule has 0 saturated carbocycles. The first-order valence-electron chi connectivity index (χ1n) is 17.6. The molecular weight excluding hydrogens is 689 g/mol. The van der Waals surface area contributed by atoms with E-state index in [-0.39, 0.29) is 44.3 Å². The first kappa shape index (κ1) is 36.7. The van der Waals surface area contributed by atoms with Crippen LogP contribution in [0.5, 0.6) is 0 Å². The van der Waals surface area contributed by atoms with Gasteiger partial charge in [0.2, 0.25) is 0 Å². The van der Waals surface area contributed by atoms with Gasteiger partial charge in [-0.25, -0.2) is 0 Å². The second kappa shape index (κ2) is 11.5. The lowest BCUT2D eigenvalue weighted by Gasteiger charge is -2.69. The van der Waals surface area contributed by atoms with Crippen LogP contribution < -0.4 is 0 Å². The molecule has 0 aliphatic carbocycles. The van der Waals surface area contributed by atoms with Crippen molar-refractivity contribution >= 4 is 68.5 Å². The van der Waals surface area contributed by atoms with Crippen molar-refractivity contribution < 1.29 is 32.9 Å². The summed E-state index contributed by atoms with van der Waals surface area (Å²) in [7, 11) is -24.2. The summed E-state index contributed by atoms with van der Waals surface area (Å²) in [5.41, 5.74) is 4.76. The SMILES string of the molecule is CC(C)[Si]12C[Si]3(C(C)C)O[Si]4(C(C)C)C[Si]5(C(C)C)O[Si](C(C)C)(C[Si](C(C)C)(O1)O4)O[Si](C(C)C)(C[Si](C(C)C)(O3)O5)O2.